The first kappa shape index (κ1) is 22.3. The third kappa shape index (κ3) is 4.96. The van der Waals surface area contributed by atoms with Gasteiger partial charge < -0.3 is 10.5 Å². The molecule has 1 amide bonds. The Labute approximate surface area is 192 Å². The number of ether oxygens (including phenoxy) is 1. The Kier molecular flexibility index (Phi) is 6.50. The number of halogens is 1. The van der Waals surface area contributed by atoms with E-state index in [4.69, 9.17) is 22.1 Å². The van der Waals surface area contributed by atoms with Crippen LogP contribution in [0, 0.1) is 0 Å². The summed E-state index contributed by atoms with van der Waals surface area (Å²) in [5.41, 5.74) is 9.78. The molecule has 2 N–H and O–H groups in total. The minimum Gasteiger partial charge on any atom is -0.425 e. The highest BCUT2D eigenvalue weighted by Gasteiger charge is 2.37. The zero-order chi connectivity index (χ0) is 22.7. The second-order valence-corrected chi connectivity index (χ2v) is 10.1. The van der Waals surface area contributed by atoms with Gasteiger partial charge in [-0.15, -0.1) is 0 Å². The summed E-state index contributed by atoms with van der Waals surface area (Å²) in [5, 5.41) is 0.675. The molecule has 4 rings (SSSR count). The summed E-state index contributed by atoms with van der Waals surface area (Å²) in [7, 11) is -3.70. The fourth-order valence-corrected chi connectivity index (χ4v) is 5.57. The molecule has 3 aromatic rings. The number of amides is 1. The normalized spacial score (nSPS) is 16.3. The highest BCUT2D eigenvalue weighted by molar-refractivity contribution is 7.89. The van der Waals surface area contributed by atoms with Crippen molar-refractivity contribution in [3.63, 3.8) is 0 Å². The number of aryl methyl sites for hydroxylation is 1. The van der Waals surface area contributed by atoms with E-state index >= 15 is 0 Å². The average molecular weight is 471 g/mol. The summed E-state index contributed by atoms with van der Waals surface area (Å²) >= 11 is 5.94. The number of nitrogens with two attached hydrogens (primary N) is 1. The molecule has 0 aliphatic carbocycles. The molecule has 32 heavy (non-hydrogen) atoms. The highest BCUT2D eigenvalue weighted by Crippen LogP contribution is 2.33. The van der Waals surface area contributed by atoms with Crippen molar-refractivity contribution in [1.82, 2.24) is 4.31 Å². The van der Waals surface area contributed by atoms with Crippen LogP contribution >= 0.6 is 11.6 Å². The first-order valence-corrected chi connectivity index (χ1v) is 12.2. The van der Waals surface area contributed by atoms with Crippen LogP contribution in [0.3, 0.4) is 0 Å². The van der Waals surface area contributed by atoms with Gasteiger partial charge in [-0.2, -0.15) is 4.31 Å². The molecular weight excluding hydrogens is 448 g/mol. The topological polar surface area (TPSA) is 89.7 Å². The van der Waals surface area contributed by atoms with Crippen molar-refractivity contribution in [2.24, 2.45) is 5.73 Å². The van der Waals surface area contributed by atoms with Crippen LogP contribution in [0.5, 0.6) is 0 Å². The molecule has 1 atom stereocenters. The second kappa shape index (κ2) is 9.32. The molecular formula is C24H23ClN2O4S. The SMILES string of the molecule is NC(=O)O[C@H]1c2ccccc2CCN1S(=O)(=O)CCc1ccc(-c2ccc(Cl)cc2)cc1. The summed E-state index contributed by atoms with van der Waals surface area (Å²) in [6, 6.07) is 22.6. The minimum atomic E-state index is -3.70. The fourth-order valence-electron chi connectivity index (χ4n) is 3.89. The standard InChI is InChI=1S/C24H23ClN2O4S/c25-21-11-9-19(10-12-21)18-7-5-17(6-8-18)14-16-32(29,30)27-15-13-20-3-1-2-4-22(20)23(27)31-24(26)28/h1-12,23H,13-16H2,(H2,26,28)/t23-/m0/s1. The quantitative estimate of drug-likeness (QED) is 0.573. The maximum Gasteiger partial charge on any atom is 0.406 e. The largest absolute Gasteiger partial charge is 0.425 e. The Morgan fingerprint density at radius 2 is 1.62 bits per heavy atom. The van der Waals surface area contributed by atoms with Gasteiger partial charge in [-0.1, -0.05) is 72.3 Å². The number of carbonyl (C=O) groups is 1. The van der Waals surface area contributed by atoms with Crippen molar-refractivity contribution in [1.29, 1.82) is 0 Å². The van der Waals surface area contributed by atoms with E-state index < -0.39 is 22.3 Å². The first-order chi connectivity index (χ1) is 15.3. The average Bonchev–Trinajstić information content (AvgIpc) is 2.78. The molecule has 3 aromatic carbocycles. The van der Waals surface area contributed by atoms with E-state index in [9.17, 15) is 13.2 Å². The summed E-state index contributed by atoms with van der Waals surface area (Å²) < 4.78 is 32.8. The van der Waals surface area contributed by atoms with E-state index in [-0.39, 0.29) is 12.3 Å². The summed E-state index contributed by atoms with van der Waals surface area (Å²) in [6.07, 6.45) is -1.17. The molecule has 0 saturated heterocycles. The third-order valence-corrected chi connectivity index (χ3v) is 7.61. The van der Waals surface area contributed by atoms with Gasteiger partial charge in [0.1, 0.15) is 0 Å². The lowest BCUT2D eigenvalue weighted by molar-refractivity contribution is 0.0295. The molecule has 0 bridgehead atoms. The van der Waals surface area contributed by atoms with Gasteiger partial charge in [-0.3, -0.25) is 0 Å². The van der Waals surface area contributed by atoms with Gasteiger partial charge in [0.2, 0.25) is 10.0 Å². The Hall–Kier alpha value is -2.87. The molecule has 0 fully saturated rings. The smallest absolute Gasteiger partial charge is 0.406 e. The number of sulfonamides is 1. The van der Waals surface area contributed by atoms with E-state index in [1.807, 2.05) is 60.7 Å². The molecule has 8 heteroatoms. The lowest BCUT2D eigenvalue weighted by Gasteiger charge is -2.35. The van der Waals surface area contributed by atoms with Gasteiger partial charge in [0, 0.05) is 17.1 Å². The van der Waals surface area contributed by atoms with Crippen LogP contribution in [0.2, 0.25) is 5.02 Å². The van der Waals surface area contributed by atoms with Crippen LogP contribution in [0.1, 0.15) is 22.9 Å². The Bertz CT molecular complexity index is 1210. The van der Waals surface area contributed by atoms with E-state index in [1.54, 1.807) is 12.1 Å². The Morgan fingerprint density at radius 1 is 1.00 bits per heavy atom. The summed E-state index contributed by atoms with van der Waals surface area (Å²) in [6.45, 7) is 0.229. The number of hydrogen-bond acceptors (Lipinski definition) is 4. The monoisotopic (exact) mass is 470 g/mol. The van der Waals surface area contributed by atoms with Crippen LogP contribution in [0.4, 0.5) is 4.79 Å². The van der Waals surface area contributed by atoms with E-state index in [0.717, 1.165) is 22.3 Å². The number of fused-ring (bicyclic) bond motifs is 1. The molecule has 0 spiro atoms. The van der Waals surface area contributed by atoms with Gasteiger partial charge >= 0.3 is 6.09 Å². The van der Waals surface area contributed by atoms with Crippen molar-refractivity contribution in [2.75, 3.05) is 12.3 Å². The zero-order valence-electron chi connectivity index (χ0n) is 17.3. The molecule has 1 aliphatic rings. The van der Waals surface area contributed by atoms with Gasteiger partial charge in [-0.25, -0.2) is 13.2 Å². The number of hydrogen-bond donors (Lipinski definition) is 1. The molecule has 166 valence electrons. The maximum atomic E-state index is 13.2. The molecule has 0 unspecified atom stereocenters. The summed E-state index contributed by atoms with van der Waals surface area (Å²) in [5.74, 6) is -0.103. The van der Waals surface area contributed by atoms with Crippen LogP contribution < -0.4 is 5.73 Å². The fraction of sp³-hybridized carbons (Fsp3) is 0.208. The molecule has 0 saturated carbocycles. The second-order valence-electron chi connectivity index (χ2n) is 7.62. The van der Waals surface area contributed by atoms with Crippen LogP contribution in [0.15, 0.2) is 72.8 Å². The molecule has 0 radical (unpaired) electrons. The number of rotatable bonds is 6. The number of primary amides is 1. The Balaban J connectivity index is 1.49. The van der Waals surface area contributed by atoms with Crippen LogP contribution in [-0.4, -0.2) is 31.1 Å². The van der Waals surface area contributed by atoms with E-state index in [0.29, 0.717) is 23.4 Å². The van der Waals surface area contributed by atoms with Crippen molar-refractivity contribution in [3.05, 3.63) is 94.5 Å². The predicted octanol–water partition coefficient (Wildman–Crippen LogP) is 4.53. The van der Waals surface area contributed by atoms with Crippen molar-refractivity contribution < 1.29 is 17.9 Å². The summed E-state index contributed by atoms with van der Waals surface area (Å²) in [4.78, 5) is 11.5. The lowest BCUT2D eigenvalue weighted by atomic mass is 10.00. The van der Waals surface area contributed by atoms with Crippen molar-refractivity contribution in [2.45, 2.75) is 19.1 Å². The van der Waals surface area contributed by atoms with Crippen molar-refractivity contribution in [3.8, 4) is 11.1 Å². The minimum absolute atomic E-state index is 0.103. The lowest BCUT2D eigenvalue weighted by Crippen LogP contribution is -2.43. The van der Waals surface area contributed by atoms with Gasteiger partial charge in [0.15, 0.2) is 6.23 Å². The highest BCUT2D eigenvalue weighted by atomic mass is 35.5. The van der Waals surface area contributed by atoms with E-state index in [2.05, 4.69) is 0 Å². The number of nitrogens with zero attached hydrogens (tertiary/aromatic N) is 1. The Morgan fingerprint density at radius 3 is 2.28 bits per heavy atom. The van der Waals surface area contributed by atoms with Gasteiger partial charge in [0.25, 0.3) is 0 Å². The third-order valence-electron chi connectivity index (χ3n) is 5.55. The molecule has 6 nitrogen and oxygen atoms in total. The van der Waals surface area contributed by atoms with Crippen molar-refractivity contribution >= 4 is 27.7 Å². The van der Waals surface area contributed by atoms with Crippen LogP contribution in [0.25, 0.3) is 11.1 Å². The van der Waals surface area contributed by atoms with Crippen LogP contribution in [-0.2, 0) is 27.6 Å². The molecule has 1 aliphatic heterocycles. The van der Waals surface area contributed by atoms with E-state index in [1.165, 1.54) is 4.31 Å². The predicted molar refractivity (Wildman–Crippen MR) is 125 cm³/mol. The number of benzene rings is 3. The van der Waals surface area contributed by atoms with Gasteiger partial charge in [0.05, 0.1) is 5.75 Å². The number of carbonyl (C=O) groups excluding carboxylic acids is 1. The van der Waals surface area contributed by atoms with Gasteiger partial charge in [-0.05, 0) is 47.2 Å². The zero-order valence-corrected chi connectivity index (χ0v) is 18.9. The maximum absolute atomic E-state index is 13.2. The first-order valence-electron chi connectivity index (χ1n) is 10.2. The molecule has 1 heterocycles. The molecule has 0 aromatic heterocycles.